The summed E-state index contributed by atoms with van der Waals surface area (Å²) >= 11 is 0. The molecule has 4 rings (SSSR count). The molecule has 38 heavy (non-hydrogen) atoms. The Morgan fingerprint density at radius 3 is 0.579 bits per heavy atom. The number of aromatic hydroxyl groups is 4. The average molecular weight is 519 g/mol. The molecule has 0 spiro atoms. The first-order valence-corrected chi connectivity index (χ1v) is 12.9. The molecule has 0 saturated carbocycles. The van der Waals surface area contributed by atoms with Crippen LogP contribution in [0.15, 0.2) is 72.8 Å². The Bertz CT molecular complexity index is 981. The van der Waals surface area contributed by atoms with Crippen LogP contribution in [0.1, 0.15) is 58.4 Å². The summed E-state index contributed by atoms with van der Waals surface area (Å²) in [6.45, 7) is 19.6. The fourth-order valence-corrected chi connectivity index (χ4v) is 2.94. The molecular formula is C34H46O4. The van der Waals surface area contributed by atoms with E-state index in [0.29, 0.717) is 23.0 Å². The predicted octanol–water partition coefficient (Wildman–Crippen LogP) is 9.06. The molecule has 0 amide bonds. The molecule has 0 fully saturated rings. The number of hydrogen-bond acceptors (Lipinski definition) is 4. The monoisotopic (exact) mass is 518 g/mol. The molecule has 0 aliphatic rings. The number of hydrogen-bond donors (Lipinski definition) is 4. The van der Waals surface area contributed by atoms with Gasteiger partial charge in [0.1, 0.15) is 23.0 Å². The molecule has 0 saturated heterocycles. The van der Waals surface area contributed by atoms with Crippen LogP contribution in [0.4, 0.5) is 0 Å². The summed E-state index contributed by atoms with van der Waals surface area (Å²) in [5.74, 6) is 1.54. The Morgan fingerprint density at radius 2 is 0.474 bits per heavy atom. The quantitative estimate of drug-likeness (QED) is 0.187. The van der Waals surface area contributed by atoms with Gasteiger partial charge >= 0.3 is 0 Å². The second-order valence-electron chi connectivity index (χ2n) is 8.88. The summed E-state index contributed by atoms with van der Waals surface area (Å²) < 4.78 is 0. The zero-order valence-electron chi connectivity index (χ0n) is 24.7. The first-order valence-electron chi connectivity index (χ1n) is 12.9. The highest BCUT2D eigenvalue weighted by atomic mass is 16.3. The molecule has 0 aromatic heterocycles. The molecule has 0 aliphatic carbocycles. The van der Waals surface area contributed by atoms with Gasteiger partial charge in [-0.2, -0.15) is 0 Å². The van der Waals surface area contributed by atoms with E-state index in [1.54, 1.807) is 24.3 Å². The lowest BCUT2D eigenvalue weighted by Crippen LogP contribution is -1.78. The van der Waals surface area contributed by atoms with E-state index in [2.05, 4.69) is 0 Å². The Morgan fingerprint density at radius 1 is 0.316 bits per heavy atom. The number of phenols is 4. The van der Waals surface area contributed by atoms with Crippen LogP contribution < -0.4 is 0 Å². The number of phenolic OH excluding ortho intramolecular Hbond substituents is 4. The Kier molecular flexibility index (Phi) is 15.7. The maximum absolute atomic E-state index is 9.10. The minimum absolute atomic E-state index is 0.384. The van der Waals surface area contributed by atoms with Gasteiger partial charge in [-0.15, -0.1) is 0 Å². The van der Waals surface area contributed by atoms with Crippen LogP contribution >= 0.6 is 0 Å². The van der Waals surface area contributed by atoms with Gasteiger partial charge in [-0.05, 0) is 124 Å². The van der Waals surface area contributed by atoms with E-state index in [4.69, 9.17) is 20.4 Å². The van der Waals surface area contributed by atoms with E-state index in [9.17, 15) is 0 Å². The highest BCUT2D eigenvalue weighted by Crippen LogP contribution is 2.19. The molecule has 0 bridgehead atoms. The summed E-state index contributed by atoms with van der Waals surface area (Å²) in [6, 6.07) is 22.1. The summed E-state index contributed by atoms with van der Waals surface area (Å²) in [4.78, 5) is 0. The van der Waals surface area contributed by atoms with Crippen molar-refractivity contribution in [2.75, 3.05) is 0 Å². The van der Waals surface area contributed by atoms with Gasteiger partial charge in [-0.1, -0.05) is 62.4 Å². The highest BCUT2D eigenvalue weighted by Gasteiger charge is 1.96. The molecule has 4 N–H and O–H groups in total. The largest absolute Gasteiger partial charge is 0.508 e. The number of aryl methyl sites for hydroxylation is 4. The van der Waals surface area contributed by atoms with E-state index in [1.165, 1.54) is 0 Å². The van der Waals surface area contributed by atoms with Crippen molar-refractivity contribution < 1.29 is 20.4 Å². The molecule has 0 aliphatic heterocycles. The fourth-order valence-electron chi connectivity index (χ4n) is 2.94. The molecule has 206 valence electrons. The van der Waals surface area contributed by atoms with Crippen LogP contribution in [-0.2, 0) is 0 Å². The van der Waals surface area contributed by atoms with E-state index < -0.39 is 0 Å². The van der Waals surface area contributed by atoms with Crippen molar-refractivity contribution in [2.45, 2.75) is 69.2 Å². The first-order chi connectivity index (χ1) is 17.9. The normalized spacial score (nSPS) is 9.21. The first kappa shape index (κ1) is 34.1. The third-order valence-electron chi connectivity index (χ3n) is 6.30. The lowest BCUT2D eigenvalue weighted by molar-refractivity contribution is 0.470. The van der Waals surface area contributed by atoms with Crippen molar-refractivity contribution in [3.63, 3.8) is 0 Å². The van der Waals surface area contributed by atoms with Gasteiger partial charge in [0.15, 0.2) is 0 Å². The summed E-state index contributed by atoms with van der Waals surface area (Å²) in [5.41, 5.74) is 8.42. The van der Waals surface area contributed by atoms with Crippen LogP contribution in [0.2, 0.25) is 0 Å². The van der Waals surface area contributed by atoms with Crippen molar-refractivity contribution in [1.82, 2.24) is 0 Å². The van der Waals surface area contributed by atoms with Gasteiger partial charge < -0.3 is 20.4 Å². The fraction of sp³-hybridized carbons (Fsp3) is 0.294. The molecule has 4 aromatic rings. The van der Waals surface area contributed by atoms with Crippen LogP contribution in [0.5, 0.6) is 23.0 Å². The molecule has 0 heterocycles. The molecule has 4 aromatic carbocycles. The molecular weight excluding hydrogens is 472 g/mol. The van der Waals surface area contributed by atoms with Crippen molar-refractivity contribution in [1.29, 1.82) is 0 Å². The van der Waals surface area contributed by atoms with E-state index >= 15 is 0 Å². The Balaban J connectivity index is 0.000000470. The van der Waals surface area contributed by atoms with Crippen molar-refractivity contribution in [2.24, 2.45) is 0 Å². The van der Waals surface area contributed by atoms with E-state index in [1.807, 2.05) is 118 Å². The zero-order chi connectivity index (χ0) is 29.4. The van der Waals surface area contributed by atoms with Crippen molar-refractivity contribution in [3.05, 3.63) is 117 Å². The maximum atomic E-state index is 9.10. The third-order valence-corrected chi connectivity index (χ3v) is 6.30. The van der Waals surface area contributed by atoms with Gasteiger partial charge in [-0.3, -0.25) is 0 Å². The summed E-state index contributed by atoms with van der Waals surface area (Å²) in [7, 11) is 0. The lowest BCUT2D eigenvalue weighted by Gasteiger charge is -1.99. The highest BCUT2D eigenvalue weighted by molar-refractivity contribution is 5.38. The van der Waals surface area contributed by atoms with Gasteiger partial charge in [0.25, 0.3) is 0 Å². The van der Waals surface area contributed by atoms with Crippen molar-refractivity contribution in [3.8, 4) is 23.0 Å². The number of benzene rings is 4. The van der Waals surface area contributed by atoms with Crippen LogP contribution in [-0.4, -0.2) is 20.4 Å². The Hall–Kier alpha value is -3.92. The van der Waals surface area contributed by atoms with Gasteiger partial charge in [0, 0.05) is 0 Å². The van der Waals surface area contributed by atoms with E-state index in [0.717, 1.165) is 44.5 Å². The summed E-state index contributed by atoms with van der Waals surface area (Å²) in [5, 5.41) is 36.4. The topological polar surface area (TPSA) is 80.9 Å². The van der Waals surface area contributed by atoms with E-state index in [-0.39, 0.29) is 0 Å². The minimum Gasteiger partial charge on any atom is -0.508 e. The SMILES string of the molecule is CC.Cc1cccc(O)c1C.Cc1cccc(O)c1C.Cc1cccc(O)c1C.Cc1cccc(O)c1C. The summed E-state index contributed by atoms with van der Waals surface area (Å²) in [6.07, 6.45) is 0. The van der Waals surface area contributed by atoms with Gasteiger partial charge in [0.05, 0.1) is 0 Å². The van der Waals surface area contributed by atoms with Gasteiger partial charge in [-0.25, -0.2) is 0 Å². The standard InChI is InChI=1S/4C8H10O.C2H6/c4*1-6-4-3-5-8(9)7(6)2;1-2/h4*3-5,9H,1-2H3;1-2H3. The second-order valence-corrected chi connectivity index (χ2v) is 8.88. The zero-order valence-corrected chi connectivity index (χ0v) is 24.7. The minimum atomic E-state index is 0.384. The number of rotatable bonds is 0. The predicted molar refractivity (Wildman–Crippen MR) is 162 cm³/mol. The average Bonchev–Trinajstić information content (AvgIpc) is 2.90. The molecule has 4 nitrogen and oxygen atoms in total. The van der Waals surface area contributed by atoms with Crippen LogP contribution in [0.3, 0.4) is 0 Å². The van der Waals surface area contributed by atoms with Gasteiger partial charge in [0.2, 0.25) is 0 Å². The third kappa shape index (κ3) is 11.4. The maximum Gasteiger partial charge on any atom is 0.118 e. The molecule has 0 unspecified atom stereocenters. The second kappa shape index (κ2) is 17.5. The Labute approximate surface area is 229 Å². The smallest absolute Gasteiger partial charge is 0.118 e. The van der Waals surface area contributed by atoms with Crippen LogP contribution in [0.25, 0.3) is 0 Å². The molecule has 0 radical (unpaired) electrons. The van der Waals surface area contributed by atoms with Crippen LogP contribution in [0, 0.1) is 55.4 Å². The molecule has 0 atom stereocenters. The molecule has 4 heteroatoms. The van der Waals surface area contributed by atoms with Crippen molar-refractivity contribution >= 4 is 0 Å². The lowest BCUT2D eigenvalue weighted by atomic mass is 10.1.